The summed E-state index contributed by atoms with van der Waals surface area (Å²) in [5, 5.41) is 0.479. The number of para-hydroxylation sites is 1. The third kappa shape index (κ3) is 5.58. The first-order valence-corrected chi connectivity index (χ1v) is 14.6. The van der Waals surface area contributed by atoms with Crippen LogP contribution in [0, 0.1) is 0 Å². The number of hydrogen-bond acceptors (Lipinski definition) is 7. The lowest BCUT2D eigenvalue weighted by atomic mass is 10.2. The minimum Gasteiger partial charge on any atom is -0.494 e. The number of rotatable bonds is 10. The van der Waals surface area contributed by atoms with Gasteiger partial charge in [-0.05, 0) is 54.1 Å². The number of nitrogens with zero attached hydrogens (tertiary/aromatic N) is 3. The van der Waals surface area contributed by atoms with Crippen molar-refractivity contribution in [1.29, 1.82) is 0 Å². The van der Waals surface area contributed by atoms with E-state index < -0.39 is 10.0 Å². The molecule has 200 valence electrons. The van der Waals surface area contributed by atoms with Crippen molar-refractivity contribution in [1.82, 2.24) is 9.29 Å². The average Bonchev–Trinajstić information content (AvgIpc) is 3.64. The van der Waals surface area contributed by atoms with E-state index in [9.17, 15) is 13.2 Å². The monoisotopic (exact) mass is 561 g/mol. The minimum absolute atomic E-state index is 0.124. The van der Waals surface area contributed by atoms with Gasteiger partial charge < -0.3 is 9.15 Å². The van der Waals surface area contributed by atoms with Gasteiger partial charge in [0.05, 0.1) is 29.5 Å². The van der Waals surface area contributed by atoms with Crippen molar-refractivity contribution < 1.29 is 22.4 Å². The number of methoxy groups -OCH3 is 1. The molecule has 0 bridgehead atoms. The highest BCUT2D eigenvalue weighted by atomic mass is 32.2. The molecule has 2 heterocycles. The van der Waals surface area contributed by atoms with E-state index in [2.05, 4.69) is 0 Å². The number of hydrogen-bond donors (Lipinski definition) is 0. The molecule has 3 aromatic carbocycles. The molecule has 0 aliphatic rings. The Bertz CT molecular complexity index is 1670. The third-order valence-electron chi connectivity index (χ3n) is 6.25. The second kappa shape index (κ2) is 11.4. The van der Waals surface area contributed by atoms with E-state index in [0.717, 1.165) is 10.3 Å². The summed E-state index contributed by atoms with van der Waals surface area (Å²) < 4.78 is 40.0. The molecule has 10 heteroatoms. The smallest absolute Gasteiger partial charge is 0.260 e. The van der Waals surface area contributed by atoms with Crippen molar-refractivity contribution in [3.05, 3.63) is 108 Å². The SMILES string of the molecule is CCN(Cc1ccccc1)S(=O)(=O)c1ccc(C(=O)N(Cc2ccco2)c2nc3c(OC)cccc3s2)cc1. The Kier molecular flexibility index (Phi) is 7.78. The molecule has 0 N–H and O–H groups in total. The van der Waals surface area contributed by atoms with Crippen molar-refractivity contribution in [3.8, 4) is 5.75 Å². The van der Waals surface area contributed by atoms with Gasteiger partial charge in [-0.3, -0.25) is 9.69 Å². The van der Waals surface area contributed by atoms with E-state index in [0.29, 0.717) is 34.3 Å². The van der Waals surface area contributed by atoms with Gasteiger partial charge in [-0.15, -0.1) is 0 Å². The second-order valence-electron chi connectivity index (χ2n) is 8.72. The number of ether oxygens (including phenoxy) is 1. The summed E-state index contributed by atoms with van der Waals surface area (Å²) in [7, 11) is -2.18. The highest BCUT2D eigenvalue weighted by Crippen LogP contribution is 2.35. The van der Waals surface area contributed by atoms with Crippen LogP contribution in [-0.2, 0) is 23.1 Å². The Morgan fingerprint density at radius 1 is 0.949 bits per heavy atom. The second-order valence-corrected chi connectivity index (χ2v) is 11.7. The molecular weight excluding hydrogens is 534 g/mol. The lowest BCUT2D eigenvalue weighted by Crippen LogP contribution is -2.31. The van der Waals surface area contributed by atoms with Gasteiger partial charge in [-0.2, -0.15) is 4.31 Å². The van der Waals surface area contributed by atoms with Gasteiger partial charge in [0.2, 0.25) is 10.0 Å². The molecule has 8 nitrogen and oxygen atoms in total. The molecular formula is C29H27N3O5S2. The lowest BCUT2D eigenvalue weighted by molar-refractivity contribution is 0.0983. The summed E-state index contributed by atoms with van der Waals surface area (Å²) in [5.41, 5.74) is 1.89. The van der Waals surface area contributed by atoms with Gasteiger partial charge in [0.25, 0.3) is 5.91 Å². The number of sulfonamides is 1. The van der Waals surface area contributed by atoms with Crippen molar-refractivity contribution >= 4 is 42.6 Å². The lowest BCUT2D eigenvalue weighted by Gasteiger charge is -2.21. The van der Waals surface area contributed by atoms with Crippen LogP contribution in [0.5, 0.6) is 5.75 Å². The molecule has 5 aromatic rings. The van der Waals surface area contributed by atoms with Crippen LogP contribution in [0.3, 0.4) is 0 Å². The van der Waals surface area contributed by atoms with Gasteiger partial charge in [-0.25, -0.2) is 13.4 Å². The van der Waals surface area contributed by atoms with E-state index in [-0.39, 0.29) is 23.9 Å². The number of benzene rings is 3. The van der Waals surface area contributed by atoms with Crippen molar-refractivity contribution in [3.63, 3.8) is 0 Å². The van der Waals surface area contributed by atoms with E-state index in [1.54, 1.807) is 32.4 Å². The van der Waals surface area contributed by atoms with Gasteiger partial charge in [-0.1, -0.05) is 54.7 Å². The van der Waals surface area contributed by atoms with Crippen LogP contribution < -0.4 is 9.64 Å². The Labute approximate surface area is 231 Å². The zero-order valence-corrected chi connectivity index (χ0v) is 23.1. The summed E-state index contributed by atoms with van der Waals surface area (Å²) >= 11 is 1.36. The predicted octanol–water partition coefficient (Wildman–Crippen LogP) is 5.96. The van der Waals surface area contributed by atoms with E-state index >= 15 is 0 Å². The van der Waals surface area contributed by atoms with Crippen molar-refractivity contribution in [2.24, 2.45) is 0 Å². The Morgan fingerprint density at radius 3 is 2.38 bits per heavy atom. The molecule has 39 heavy (non-hydrogen) atoms. The number of aromatic nitrogens is 1. The predicted molar refractivity (Wildman–Crippen MR) is 152 cm³/mol. The molecule has 0 saturated carbocycles. The number of fused-ring (bicyclic) bond motifs is 1. The molecule has 0 saturated heterocycles. The number of furan rings is 1. The van der Waals surface area contributed by atoms with Crippen LogP contribution in [0.2, 0.25) is 0 Å². The Balaban J connectivity index is 1.44. The number of thiazole rings is 1. The van der Waals surface area contributed by atoms with Gasteiger partial charge in [0, 0.05) is 18.7 Å². The van der Waals surface area contributed by atoms with Crippen LogP contribution in [-0.4, -0.2) is 37.3 Å². The fraction of sp³-hybridized carbons (Fsp3) is 0.172. The van der Waals surface area contributed by atoms with Crippen LogP contribution >= 0.6 is 11.3 Å². The normalized spacial score (nSPS) is 11.7. The van der Waals surface area contributed by atoms with Gasteiger partial charge in [0.15, 0.2) is 5.13 Å². The van der Waals surface area contributed by atoms with Crippen molar-refractivity contribution in [2.45, 2.75) is 24.9 Å². The van der Waals surface area contributed by atoms with Crippen LogP contribution in [0.1, 0.15) is 28.6 Å². The molecule has 1 amide bonds. The molecule has 0 spiro atoms. The number of carbonyl (C=O) groups is 1. The zero-order valence-electron chi connectivity index (χ0n) is 21.5. The van der Waals surface area contributed by atoms with Gasteiger partial charge in [0.1, 0.15) is 17.0 Å². The maximum Gasteiger partial charge on any atom is 0.260 e. The fourth-order valence-electron chi connectivity index (χ4n) is 4.20. The highest BCUT2D eigenvalue weighted by molar-refractivity contribution is 7.89. The standard InChI is InChI=1S/C29H27N3O5S2/c1-3-31(19-21-9-5-4-6-10-21)39(34,35)24-16-14-22(15-17-24)28(33)32(20-23-11-8-18-37-23)29-30-27-25(36-2)12-7-13-26(27)38-29/h4-18H,3,19-20H2,1-2H3. The van der Waals surface area contributed by atoms with E-state index in [1.165, 1.54) is 44.8 Å². The molecule has 0 atom stereocenters. The summed E-state index contributed by atoms with van der Waals surface area (Å²) in [6, 6.07) is 24.6. The van der Waals surface area contributed by atoms with Crippen LogP contribution in [0.15, 0.2) is 101 Å². The molecule has 0 unspecified atom stereocenters. The molecule has 0 radical (unpaired) electrons. The number of carbonyl (C=O) groups excluding carboxylic acids is 1. The first kappa shape index (κ1) is 26.6. The van der Waals surface area contributed by atoms with Crippen molar-refractivity contribution in [2.75, 3.05) is 18.6 Å². The zero-order chi connectivity index (χ0) is 27.4. The highest BCUT2D eigenvalue weighted by Gasteiger charge is 2.26. The third-order valence-corrected chi connectivity index (χ3v) is 9.23. The summed E-state index contributed by atoms with van der Waals surface area (Å²) in [6.45, 7) is 2.54. The maximum atomic E-state index is 13.8. The fourth-order valence-corrected chi connectivity index (χ4v) is 6.62. The average molecular weight is 562 g/mol. The van der Waals surface area contributed by atoms with Crippen LogP contribution in [0.4, 0.5) is 5.13 Å². The largest absolute Gasteiger partial charge is 0.494 e. The van der Waals surface area contributed by atoms with Gasteiger partial charge >= 0.3 is 0 Å². The van der Waals surface area contributed by atoms with E-state index in [1.807, 2.05) is 48.5 Å². The summed E-state index contributed by atoms with van der Waals surface area (Å²) in [6.07, 6.45) is 1.55. The molecule has 5 rings (SSSR count). The first-order chi connectivity index (χ1) is 18.9. The maximum absolute atomic E-state index is 13.8. The molecule has 0 aliphatic carbocycles. The van der Waals surface area contributed by atoms with E-state index in [4.69, 9.17) is 14.1 Å². The number of amides is 1. The first-order valence-electron chi connectivity index (χ1n) is 12.3. The summed E-state index contributed by atoms with van der Waals surface area (Å²) in [4.78, 5) is 20.1. The van der Waals surface area contributed by atoms with Crippen LogP contribution in [0.25, 0.3) is 10.2 Å². The summed E-state index contributed by atoms with van der Waals surface area (Å²) in [5.74, 6) is 0.879. The quantitative estimate of drug-likeness (QED) is 0.209. The molecule has 0 fully saturated rings. The molecule has 2 aromatic heterocycles. The minimum atomic E-state index is -3.76. The molecule has 0 aliphatic heterocycles. The topological polar surface area (TPSA) is 93.0 Å². The number of anilines is 1. The Hall–Kier alpha value is -3.99. The Morgan fingerprint density at radius 2 is 1.72 bits per heavy atom.